The van der Waals surface area contributed by atoms with Gasteiger partial charge in [0.1, 0.15) is 6.10 Å². The van der Waals surface area contributed by atoms with Crippen molar-refractivity contribution in [1.82, 2.24) is 0 Å². The van der Waals surface area contributed by atoms with Crippen LogP contribution in [0.1, 0.15) is 85.0 Å². The lowest BCUT2D eigenvalue weighted by atomic mass is 10.1. The zero-order valence-corrected chi connectivity index (χ0v) is 13.7. The van der Waals surface area contributed by atoms with E-state index in [1.165, 1.54) is 44.9 Å². The quantitative estimate of drug-likeness (QED) is 0.166. The Labute approximate surface area is 125 Å². The Kier molecular flexibility index (Phi) is 16.4. The van der Waals surface area contributed by atoms with E-state index in [1.54, 1.807) is 0 Å². The summed E-state index contributed by atoms with van der Waals surface area (Å²) in [4.78, 5) is 10.2. The minimum Gasteiger partial charge on any atom is -0.206 e. The van der Waals surface area contributed by atoms with Gasteiger partial charge in [-0.25, -0.2) is 4.89 Å². The van der Waals surface area contributed by atoms with Crippen molar-refractivity contribution in [2.45, 2.75) is 91.1 Å². The lowest BCUT2D eigenvalue weighted by Crippen LogP contribution is -2.11. The second kappa shape index (κ2) is 16.7. The van der Waals surface area contributed by atoms with Gasteiger partial charge >= 0.3 is 0 Å². The summed E-state index contributed by atoms with van der Waals surface area (Å²) in [7, 11) is 0. The lowest BCUT2D eigenvalue weighted by molar-refractivity contribution is -0.522. The summed E-state index contributed by atoms with van der Waals surface area (Å²) in [5, 5.41) is 4.79. The summed E-state index contributed by atoms with van der Waals surface area (Å²) >= 11 is 0. The molecule has 0 radical (unpaired) electrons. The molecular weight excluding hydrogens is 252 g/mol. The molecule has 3 heteroatoms. The molecule has 0 saturated heterocycles. The summed E-state index contributed by atoms with van der Waals surface area (Å²) in [6.45, 7) is 6.98. The molecule has 0 aromatic heterocycles. The first kappa shape index (κ1) is 19.6. The minimum absolute atomic E-state index is 0.0162. The van der Waals surface area contributed by atoms with Crippen LogP contribution >= 0.6 is 0 Å². The van der Waals surface area contributed by atoms with Crippen molar-refractivity contribution < 1.29 is 14.8 Å². The van der Waals surface area contributed by atoms with Gasteiger partial charge in [0.05, 0.1) is 6.61 Å². The first-order chi connectivity index (χ1) is 9.85. The van der Waals surface area contributed by atoms with Gasteiger partial charge in [-0.15, -0.1) is 0 Å². The second-order valence-electron chi connectivity index (χ2n) is 5.27. The van der Waals surface area contributed by atoms with E-state index in [0.717, 1.165) is 19.3 Å². The highest BCUT2D eigenvalue weighted by Crippen LogP contribution is 2.12. The first-order valence-corrected chi connectivity index (χ1v) is 8.46. The zero-order chi connectivity index (χ0) is 14.9. The van der Waals surface area contributed by atoms with Crippen LogP contribution in [-0.2, 0) is 14.8 Å². The van der Waals surface area contributed by atoms with E-state index < -0.39 is 0 Å². The van der Waals surface area contributed by atoms with Crippen LogP contribution in [0.3, 0.4) is 0 Å². The molecule has 0 spiro atoms. The van der Waals surface area contributed by atoms with E-state index >= 15 is 0 Å². The van der Waals surface area contributed by atoms with Gasteiger partial charge < -0.3 is 0 Å². The molecule has 3 nitrogen and oxygen atoms in total. The average molecular weight is 286 g/mol. The minimum atomic E-state index is 0.0162. The maximum absolute atomic E-state index is 5.28. The van der Waals surface area contributed by atoms with Crippen molar-refractivity contribution in [3.05, 3.63) is 12.2 Å². The summed E-state index contributed by atoms with van der Waals surface area (Å²) < 4.78 is 0. The smallest absolute Gasteiger partial charge is 0.114 e. The topological polar surface area (TPSA) is 27.7 Å². The van der Waals surface area contributed by atoms with Crippen LogP contribution < -0.4 is 0 Å². The van der Waals surface area contributed by atoms with Crippen LogP contribution in [0.2, 0.25) is 0 Å². The third kappa shape index (κ3) is 14.0. The Morgan fingerprint density at radius 3 is 2.20 bits per heavy atom. The van der Waals surface area contributed by atoms with Crippen LogP contribution in [0.25, 0.3) is 0 Å². The molecular formula is C17H34O3. The van der Waals surface area contributed by atoms with Crippen LogP contribution in [0.4, 0.5) is 0 Å². The molecule has 120 valence electrons. The fourth-order valence-electron chi connectivity index (χ4n) is 1.96. The highest BCUT2D eigenvalue weighted by atomic mass is 17.5. The standard InChI is InChI=1S/C17H34O3/c1-4-7-9-10-11-12-13-15-17(14-8-5-2)19-20-18-16-6-3/h8,14,17H,4-7,9-13,15-16H2,1-3H3. The Morgan fingerprint density at radius 1 is 0.850 bits per heavy atom. The molecule has 0 rings (SSSR count). The maximum Gasteiger partial charge on any atom is 0.114 e. The van der Waals surface area contributed by atoms with Crippen LogP contribution in [-0.4, -0.2) is 12.7 Å². The van der Waals surface area contributed by atoms with Crippen molar-refractivity contribution in [3.8, 4) is 0 Å². The summed E-state index contributed by atoms with van der Waals surface area (Å²) in [6.07, 6.45) is 16.4. The Morgan fingerprint density at radius 2 is 1.55 bits per heavy atom. The van der Waals surface area contributed by atoms with Gasteiger partial charge in [0.15, 0.2) is 0 Å². The Bertz CT molecular complexity index is 204. The number of allylic oxidation sites excluding steroid dienone is 1. The lowest BCUT2D eigenvalue weighted by Gasteiger charge is -2.11. The third-order valence-electron chi connectivity index (χ3n) is 3.18. The molecule has 0 aliphatic rings. The van der Waals surface area contributed by atoms with E-state index in [1.807, 2.05) is 6.92 Å². The van der Waals surface area contributed by atoms with Crippen molar-refractivity contribution in [2.75, 3.05) is 6.61 Å². The monoisotopic (exact) mass is 286 g/mol. The van der Waals surface area contributed by atoms with Gasteiger partial charge in [0.25, 0.3) is 0 Å². The Hall–Kier alpha value is -0.380. The van der Waals surface area contributed by atoms with Crippen molar-refractivity contribution >= 4 is 0 Å². The molecule has 0 aliphatic carbocycles. The fourth-order valence-corrected chi connectivity index (χ4v) is 1.96. The van der Waals surface area contributed by atoms with Crippen molar-refractivity contribution in [3.63, 3.8) is 0 Å². The van der Waals surface area contributed by atoms with E-state index in [4.69, 9.17) is 14.8 Å². The molecule has 0 amide bonds. The summed E-state index contributed by atoms with van der Waals surface area (Å²) in [6, 6.07) is 0. The highest BCUT2D eigenvalue weighted by Gasteiger charge is 2.06. The molecule has 1 unspecified atom stereocenters. The number of hydrogen-bond acceptors (Lipinski definition) is 3. The van der Waals surface area contributed by atoms with Gasteiger partial charge in [-0.05, 0) is 19.3 Å². The molecule has 1 atom stereocenters. The number of hydrogen-bond donors (Lipinski definition) is 0. The molecule has 0 aliphatic heterocycles. The van der Waals surface area contributed by atoms with Crippen LogP contribution in [0.5, 0.6) is 0 Å². The normalized spacial score (nSPS) is 13.2. The molecule has 0 bridgehead atoms. The van der Waals surface area contributed by atoms with E-state index in [-0.39, 0.29) is 6.10 Å². The van der Waals surface area contributed by atoms with Gasteiger partial charge in [0, 0.05) is 0 Å². The predicted octanol–water partition coefficient (Wildman–Crippen LogP) is 5.75. The summed E-state index contributed by atoms with van der Waals surface area (Å²) in [5.41, 5.74) is 0. The van der Waals surface area contributed by atoms with Crippen LogP contribution in [0.15, 0.2) is 12.2 Å². The van der Waals surface area contributed by atoms with Crippen molar-refractivity contribution in [2.24, 2.45) is 0 Å². The van der Waals surface area contributed by atoms with E-state index in [0.29, 0.717) is 6.61 Å². The molecule has 0 N–H and O–H groups in total. The molecule has 20 heavy (non-hydrogen) atoms. The molecule has 0 heterocycles. The van der Waals surface area contributed by atoms with Gasteiger partial charge in [-0.1, -0.05) is 82.9 Å². The van der Waals surface area contributed by atoms with E-state index in [9.17, 15) is 0 Å². The van der Waals surface area contributed by atoms with Crippen molar-refractivity contribution in [1.29, 1.82) is 0 Å². The highest BCUT2D eigenvalue weighted by molar-refractivity contribution is 4.88. The number of rotatable bonds is 15. The second-order valence-corrected chi connectivity index (χ2v) is 5.27. The fraction of sp³-hybridized carbons (Fsp3) is 0.882. The van der Waals surface area contributed by atoms with Gasteiger partial charge in [-0.2, -0.15) is 4.89 Å². The molecule has 0 saturated carbocycles. The van der Waals surface area contributed by atoms with Crippen LogP contribution in [0, 0.1) is 0 Å². The molecule has 0 aromatic carbocycles. The summed E-state index contributed by atoms with van der Waals surface area (Å²) in [5.74, 6) is 0. The largest absolute Gasteiger partial charge is 0.206 e. The third-order valence-corrected chi connectivity index (χ3v) is 3.18. The molecule has 0 aromatic rings. The Balaban J connectivity index is 3.61. The van der Waals surface area contributed by atoms with Gasteiger partial charge in [-0.3, -0.25) is 0 Å². The first-order valence-electron chi connectivity index (χ1n) is 8.46. The predicted molar refractivity (Wildman–Crippen MR) is 84.2 cm³/mol. The average Bonchev–Trinajstić information content (AvgIpc) is 2.47. The SMILES string of the molecule is CCC=CC(CCCCCCCCC)OOOCCC. The zero-order valence-electron chi connectivity index (χ0n) is 13.7. The molecule has 0 fully saturated rings. The van der Waals surface area contributed by atoms with E-state index in [2.05, 4.69) is 26.0 Å². The maximum atomic E-state index is 5.28. The number of unbranched alkanes of at least 4 members (excludes halogenated alkanes) is 6. The van der Waals surface area contributed by atoms with Gasteiger partial charge in [0.2, 0.25) is 0 Å².